The maximum Gasteiger partial charge on any atom is 0.328 e. The highest BCUT2D eigenvalue weighted by Gasteiger charge is 2.38. The molecule has 0 radical (unpaired) electrons. The number of carbonyl (C=O) groups excluding carboxylic acids is 2. The number of carbonyl (C=O) groups is 2. The third-order valence-electron chi connectivity index (χ3n) is 5.26. The molecule has 3 heterocycles. The highest BCUT2D eigenvalue weighted by atomic mass is 16.5. The van der Waals surface area contributed by atoms with Crippen LogP contribution in [0.5, 0.6) is 0 Å². The molecule has 2 amide bonds. The van der Waals surface area contributed by atoms with Gasteiger partial charge in [-0.3, -0.25) is 28.8 Å². The Balaban J connectivity index is 1.53. The first-order chi connectivity index (χ1) is 13.2. The van der Waals surface area contributed by atoms with Crippen LogP contribution in [0.15, 0.2) is 15.8 Å². The van der Waals surface area contributed by atoms with Gasteiger partial charge in [0, 0.05) is 51.0 Å². The van der Waals surface area contributed by atoms with E-state index in [4.69, 9.17) is 4.74 Å². The van der Waals surface area contributed by atoms with E-state index < -0.39 is 11.2 Å². The van der Waals surface area contributed by atoms with Crippen molar-refractivity contribution in [1.82, 2.24) is 24.7 Å². The van der Waals surface area contributed by atoms with Crippen LogP contribution < -0.4 is 16.6 Å². The first-order valence-electron chi connectivity index (χ1n) is 9.38. The number of aromatic nitrogens is 2. The number of nitrogens with zero attached hydrogens (tertiary/aromatic N) is 3. The van der Waals surface area contributed by atoms with E-state index in [1.54, 1.807) is 25.9 Å². The van der Waals surface area contributed by atoms with Crippen molar-refractivity contribution in [3.8, 4) is 0 Å². The van der Waals surface area contributed by atoms with Gasteiger partial charge in [0.1, 0.15) is 6.54 Å². The maximum atomic E-state index is 12.3. The van der Waals surface area contributed by atoms with Gasteiger partial charge < -0.3 is 15.0 Å². The molecular weight excluding hydrogens is 366 g/mol. The highest BCUT2D eigenvalue weighted by molar-refractivity contribution is 5.76. The summed E-state index contributed by atoms with van der Waals surface area (Å²) in [5, 5.41) is 2.96. The second-order valence-electron chi connectivity index (χ2n) is 7.75. The molecule has 2 N–H and O–H groups in total. The van der Waals surface area contributed by atoms with Gasteiger partial charge in [-0.15, -0.1) is 0 Å². The van der Waals surface area contributed by atoms with Crippen LogP contribution in [0, 0.1) is 6.92 Å². The standard InChI is InChI=1S/C18H27N5O5/c1-11-6-23(18(27)20-17(11)26)9-15(24)19-12-4-13-10-28-14(8-22(13)7-12)5-16(25)21(2)3/h6,12-14H,4-5,7-10H2,1-3H3,(H,19,24)(H,20,26,27)/t12-,13+,14+/m1/s1. The summed E-state index contributed by atoms with van der Waals surface area (Å²) >= 11 is 0. The SMILES string of the molecule is Cc1cn(CC(=O)N[C@@H]2C[C@H]3CO[C@@H](CC(=O)N(C)C)CN3C2)c(=O)[nH]c1=O. The fourth-order valence-electron chi connectivity index (χ4n) is 3.71. The minimum atomic E-state index is -0.601. The summed E-state index contributed by atoms with van der Waals surface area (Å²) in [5.41, 5.74) is -0.672. The lowest BCUT2D eigenvalue weighted by molar-refractivity contribution is -0.134. The average Bonchev–Trinajstić information content (AvgIpc) is 3.00. The molecule has 0 unspecified atom stereocenters. The topological polar surface area (TPSA) is 117 Å². The smallest absolute Gasteiger partial charge is 0.328 e. The molecule has 2 aliphatic rings. The molecule has 0 saturated carbocycles. The Hall–Kier alpha value is -2.46. The molecular formula is C18H27N5O5. The molecule has 10 heteroatoms. The van der Waals surface area contributed by atoms with Crippen LogP contribution in [0.2, 0.25) is 0 Å². The molecule has 28 heavy (non-hydrogen) atoms. The summed E-state index contributed by atoms with van der Waals surface area (Å²) in [4.78, 5) is 53.5. The molecule has 154 valence electrons. The van der Waals surface area contributed by atoms with Crippen LogP contribution >= 0.6 is 0 Å². The molecule has 2 fully saturated rings. The predicted octanol–water partition coefficient (Wildman–Crippen LogP) is -1.72. The number of hydrogen-bond acceptors (Lipinski definition) is 6. The molecule has 3 rings (SSSR count). The number of nitrogens with one attached hydrogen (secondary N) is 2. The van der Waals surface area contributed by atoms with Gasteiger partial charge in [-0.25, -0.2) is 4.79 Å². The van der Waals surface area contributed by atoms with Crippen molar-refractivity contribution in [2.24, 2.45) is 0 Å². The summed E-state index contributed by atoms with van der Waals surface area (Å²) < 4.78 is 7.02. The van der Waals surface area contributed by atoms with Crippen LogP contribution in [0.1, 0.15) is 18.4 Å². The van der Waals surface area contributed by atoms with Crippen LogP contribution in [-0.2, 0) is 20.9 Å². The molecule has 0 aromatic carbocycles. The van der Waals surface area contributed by atoms with Crippen molar-refractivity contribution >= 4 is 11.8 Å². The molecule has 2 aliphatic heterocycles. The Morgan fingerprint density at radius 3 is 2.79 bits per heavy atom. The third-order valence-corrected chi connectivity index (χ3v) is 5.26. The van der Waals surface area contributed by atoms with E-state index in [1.165, 1.54) is 10.8 Å². The van der Waals surface area contributed by atoms with Gasteiger partial charge in [0.25, 0.3) is 5.56 Å². The van der Waals surface area contributed by atoms with Gasteiger partial charge in [-0.2, -0.15) is 0 Å². The van der Waals surface area contributed by atoms with Crippen molar-refractivity contribution in [3.63, 3.8) is 0 Å². The summed E-state index contributed by atoms with van der Waals surface area (Å²) in [7, 11) is 3.45. The zero-order chi connectivity index (χ0) is 20.4. The van der Waals surface area contributed by atoms with E-state index in [1.807, 2.05) is 0 Å². The van der Waals surface area contributed by atoms with Crippen molar-refractivity contribution in [3.05, 3.63) is 32.6 Å². The van der Waals surface area contributed by atoms with Gasteiger partial charge in [-0.05, 0) is 13.3 Å². The van der Waals surface area contributed by atoms with Crippen LogP contribution in [0.4, 0.5) is 0 Å². The van der Waals surface area contributed by atoms with Crippen LogP contribution in [0.3, 0.4) is 0 Å². The lowest BCUT2D eigenvalue weighted by Crippen LogP contribution is -2.47. The van der Waals surface area contributed by atoms with E-state index in [0.717, 1.165) is 6.42 Å². The number of H-pyrrole nitrogens is 1. The Labute approximate surface area is 162 Å². The summed E-state index contributed by atoms with van der Waals surface area (Å²) in [6.45, 7) is 3.32. The minimum Gasteiger partial charge on any atom is -0.375 e. The zero-order valence-corrected chi connectivity index (χ0v) is 16.4. The first kappa shape index (κ1) is 20.3. The quantitative estimate of drug-likeness (QED) is 0.615. The fourth-order valence-corrected chi connectivity index (χ4v) is 3.71. The lowest BCUT2D eigenvalue weighted by atomic mass is 10.1. The van der Waals surface area contributed by atoms with Crippen molar-refractivity contribution in [1.29, 1.82) is 0 Å². The normalized spacial score (nSPS) is 24.6. The molecule has 0 bridgehead atoms. The van der Waals surface area contributed by atoms with E-state index in [0.29, 0.717) is 31.7 Å². The number of rotatable bonds is 5. The largest absolute Gasteiger partial charge is 0.375 e. The monoisotopic (exact) mass is 393 g/mol. The molecule has 0 aliphatic carbocycles. The molecule has 2 saturated heterocycles. The Morgan fingerprint density at radius 1 is 1.32 bits per heavy atom. The number of morpholine rings is 1. The lowest BCUT2D eigenvalue weighted by Gasteiger charge is -2.35. The Kier molecular flexibility index (Phi) is 5.99. The van der Waals surface area contributed by atoms with Crippen LogP contribution in [0.25, 0.3) is 0 Å². The number of fused-ring (bicyclic) bond motifs is 1. The molecule has 10 nitrogen and oxygen atoms in total. The molecule has 3 atom stereocenters. The molecule has 1 aromatic rings. The fraction of sp³-hybridized carbons (Fsp3) is 0.667. The second kappa shape index (κ2) is 8.27. The zero-order valence-electron chi connectivity index (χ0n) is 16.4. The summed E-state index contributed by atoms with van der Waals surface area (Å²) in [5.74, 6) is -0.243. The Morgan fingerprint density at radius 2 is 2.07 bits per heavy atom. The number of aryl methyl sites for hydroxylation is 1. The van der Waals surface area contributed by atoms with E-state index in [-0.39, 0.29) is 36.5 Å². The van der Waals surface area contributed by atoms with Crippen LogP contribution in [-0.4, -0.2) is 83.1 Å². The van der Waals surface area contributed by atoms with Gasteiger partial charge >= 0.3 is 5.69 Å². The first-order valence-corrected chi connectivity index (χ1v) is 9.38. The van der Waals surface area contributed by atoms with Crippen molar-refractivity contribution in [2.75, 3.05) is 33.8 Å². The summed E-state index contributed by atoms with van der Waals surface area (Å²) in [6, 6.07) is 0.179. The highest BCUT2D eigenvalue weighted by Crippen LogP contribution is 2.24. The second-order valence-corrected chi connectivity index (χ2v) is 7.75. The molecule has 1 aromatic heterocycles. The van der Waals surface area contributed by atoms with Gasteiger partial charge in [-0.1, -0.05) is 0 Å². The van der Waals surface area contributed by atoms with E-state index in [2.05, 4.69) is 15.2 Å². The third kappa shape index (κ3) is 4.68. The van der Waals surface area contributed by atoms with Gasteiger partial charge in [0.15, 0.2) is 0 Å². The van der Waals surface area contributed by atoms with E-state index >= 15 is 0 Å². The van der Waals surface area contributed by atoms with Crippen molar-refractivity contribution < 1.29 is 14.3 Å². The number of hydrogen-bond donors (Lipinski definition) is 2. The summed E-state index contributed by atoms with van der Waals surface area (Å²) in [6.07, 6.45) is 2.36. The molecule has 0 spiro atoms. The van der Waals surface area contributed by atoms with Gasteiger partial charge in [0.2, 0.25) is 11.8 Å². The Bertz CT molecular complexity index is 861. The van der Waals surface area contributed by atoms with Crippen molar-refractivity contribution in [2.45, 2.75) is 44.5 Å². The predicted molar refractivity (Wildman–Crippen MR) is 101 cm³/mol. The minimum absolute atomic E-state index is 0.0362. The van der Waals surface area contributed by atoms with Gasteiger partial charge in [0.05, 0.1) is 19.1 Å². The number of ether oxygens (including phenoxy) is 1. The number of amides is 2. The van der Waals surface area contributed by atoms with E-state index in [9.17, 15) is 19.2 Å². The maximum absolute atomic E-state index is 12.3. The average molecular weight is 393 g/mol. The number of aromatic amines is 1.